The van der Waals surface area contributed by atoms with Crippen LogP contribution in [0.15, 0.2) is 48.5 Å². The van der Waals surface area contributed by atoms with Gasteiger partial charge in [0.1, 0.15) is 18.1 Å². The van der Waals surface area contributed by atoms with Crippen molar-refractivity contribution in [1.82, 2.24) is 4.90 Å². The maximum Gasteiger partial charge on any atom is 0.306 e. The van der Waals surface area contributed by atoms with Gasteiger partial charge in [-0.15, -0.1) is 12.4 Å². The van der Waals surface area contributed by atoms with E-state index >= 15 is 0 Å². The Morgan fingerprint density at radius 2 is 1.59 bits per heavy atom. The Labute approximate surface area is 165 Å². The second-order valence-electron chi connectivity index (χ2n) is 6.61. The summed E-state index contributed by atoms with van der Waals surface area (Å²) in [4.78, 5) is 14.7. The van der Waals surface area contributed by atoms with Crippen molar-refractivity contribution in [2.24, 2.45) is 0 Å². The Kier molecular flexibility index (Phi) is 6.72. The largest absolute Gasteiger partial charge is 0.464 e. The van der Waals surface area contributed by atoms with Gasteiger partial charge < -0.3 is 14.2 Å². The van der Waals surface area contributed by atoms with Crippen LogP contribution >= 0.6 is 12.4 Å². The SMILES string of the molecule is Cl.O=C(CC1c2ccccc2Oc2ccccc21)OCCN1CCOCC1. The summed E-state index contributed by atoms with van der Waals surface area (Å²) in [7, 11) is 0. The molecule has 27 heavy (non-hydrogen) atoms. The molecule has 2 aromatic carbocycles. The van der Waals surface area contributed by atoms with Gasteiger partial charge in [-0.3, -0.25) is 9.69 Å². The highest BCUT2D eigenvalue weighted by Gasteiger charge is 2.29. The highest BCUT2D eigenvalue weighted by atomic mass is 35.5. The van der Waals surface area contributed by atoms with Crippen LogP contribution in [0.1, 0.15) is 23.5 Å². The summed E-state index contributed by atoms with van der Waals surface area (Å²) >= 11 is 0. The first-order chi connectivity index (χ1) is 12.8. The fourth-order valence-corrected chi connectivity index (χ4v) is 3.57. The molecule has 0 radical (unpaired) electrons. The molecule has 0 N–H and O–H groups in total. The van der Waals surface area contributed by atoms with E-state index in [0.717, 1.165) is 55.5 Å². The van der Waals surface area contributed by atoms with Crippen LogP contribution in [0, 0.1) is 0 Å². The van der Waals surface area contributed by atoms with Crippen molar-refractivity contribution in [2.75, 3.05) is 39.5 Å². The van der Waals surface area contributed by atoms with Gasteiger partial charge in [0.15, 0.2) is 0 Å². The normalized spacial score (nSPS) is 16.4. The Hall–Kier alpha value is -2.08. The number of para-hydroxylation sites is 2. The quantitative estimate of drug-likeness (QED) is 0.731. The molecule has 2 heterocycles. The molecule has 6 heteroatoms. The van der Waals surface area contributed by atoms with Crippen LogP contribution in [0.3, 0.4) is 0 Å². The Morgan fingerprint density at radius 1 is 1.00 bits per heavy atom. The third-order valence-corrected chi connectivity index (χ3v) is 4.95. The number of hydrogen-bond acceptors (Lipinski definition) is 5. The van der Waals surface area contributed by atoms with Gasteiger partial charge in [0.05, 0.1) is 19.6 Å². The summed E-state index contributed by atoms with van der Waals surface area (Å²) in [6.07, 6.45) is 0.320. The lowest BCUT2D eigenvalue weighted by atomic mass is 9.85. The molecular formula is C21H24ClNO4. The number of esters is 1. The molecule has 144 valence electrons. The summed E-state index contributed by atoms with van der Waals surface area (Å²) < 4.78 is 16.8. The summed E-state index contributed by atoms with van der Waals surface area (Å²) in [5.74, 6) is 1.43. The van der Waals surface area contributed by atoms with Crippen LogP contribution in [0.25, 0.3) is 0 Å². The van der Waals surface area contributed by atoms with Gasteiger partial charge in [-0.1, -0.05) is 36.4 Å². The van der Waals surface area contributed by atoms with Crippen molar-refractivity contribution in [1.29, 1.82) is 0 Å². The molecule has 1 fully saturated rings. The van der Waals surface area contributed by atoms with E-state index in [1.54, 1.807) is 0 Å². The molecule has 0 aliphatic carbocycles. The number of carbonyl (C=O) groups is 1. The van der Waals surface area contributed by atoms with Crippen molar-refractivity contribution in [3.63, 3.8) is 0 Å². The molecule has 2 aliphatic rings. The predicted molar refractivity (Wildman–Crippen MR) is 105 cm³/mol. The number of benzene rings is 2. The summed E-state index contributed by atoms with van der Waals surface area (Å²) in [6, 6.07) is 15.8. The minimum atomic E-state index is -0.172. The molecule has 1 saturated heterocycles. The summed E-state index contributed by atoms with van der Waals surface area (Å²) in [5, 5.41) is 0. The number of fused-ring (bicyclic) bond motifs is 2. The molecule has 2 aromatic rings. The van der Waals surface area contributed by atoms with Crippen LogP contribution in [-0.2, 0) is 14.3 Å². The Bertz CT molecular complexity index is 731. The monoisotopic (exact) mass is 389 g/mol. The Morgan fingerprint density at radius 3 is 2.22 bits per heavy atom. The first-order valence-electron chi connectivity index (χ1n) is 9.13. The van der Waals surface area contributed by atoms with Gasteiger partial charge in [0, 0.05) is 36.7 Å². The van der Waals surface area contributed by atoms with Crippen LogP contribution in [-0.4, -0.2) is 50.3 Å². The maximum atomic E-state index is 12.5. The maximum absolute atomic E-state index is 12.5. The van der Waals surface area contributed by atoms with Crippen LogP contribution < -0.4 is 4.74 Å². The third-order valence-electron chi connectivity index (χ3n) is 4.95. The van der Waals surface area contributed by atoms with Gasteiger partial charge in [0.25, 0.3) is 0 Å². The van der Waals surface area contributed by atoms with E-state index in [4.69, 9.17) is 14.2 Å². The minimum absolute atomic E-state index is 0. The highest BCUT2D eigenvalue weighted by Crippen LogP contribution is 2.45. The number of carbonyl (C=O) groups excluding carboxylic acids is 1. The number of nitrogens with zero attached hydrogens (tertiary/aromatic N) is 1. The number of hydrogen-bond donors (Lipinski definition) is 0. The van der Waals surface area contributed by atoms with Crippen LogP contribution in [0.4, 0.5) is 0 Å². The van der Waals surface area contributed by atoms with Crippen molar-refractivity contribution in [2.45, 2.75) is 12.3 Å². The topological polar surface area (TPSA) is 48.0 Å². The van der Waals surface area contributed by atoms with E-state index < -0.39 is 0 Å². The first kappa shape index (κ1) is 19.7. The molecule has 4 rings (SSSR count). The molecule has 0 unspecified atom stereocenters. The fraction of sp³-hybridized carbons (Fsp3) is 0.381. The zero-order valence-corrected chi connectivity index (χ0v) is 16.0. The smallest absolute Gasteiger partial charge is 0.306 e. The summed E-state index contributed by atoms with van der Waals surface area (Å²) in [5.41, 5.74) is 2.08. The number of morpholine rings is 1. The Balaban J connectivity index is 0.00000210. The zero-order chi connectivity index (χ0) is 17.8. The van der Waals surface area contributed by atoms with Crippen molar-refractivity contribution in [3.8, 4) is 11.5 Å². The lowest BCUT2D eigenvalue weighted by Gasteiger charge is -2.28. The second kappa shape index (κ2) is 9.22. The molecule has 5 nitrogen and oxygen atoms in total. The first-order valence-corrected chi connectivity index (χ1v) is 9.13. The van der Waals surface area contributed by atoms with Gasteiger partial charge >= 0.3 is 5.97 Å². The lowest BCUT2D eigenvalue weighted by molar-refractivity contribution is -0.144. The predicted octanol–water partition coefficient (Wildman–Crippen LogP) is 3.61. The average Bonchev–Trinajstić information content (AvgIpc) is 2.68. The van der Waals surface area contributed by atoms with Gasteiger partial charge in [-0.25, -0.2) is 0 Å². The molecule has 0 saturated carbocycles. The van der Waals surface area contributed by atoms with E-state index in [2.05, 4.69) is 4.90 Å². The van der Waals surface area contributed by atoms with Crippen molar-refractivity contribution < 1.29 is 19.0 Å². The minimum Gasteiger partial charge on any atom is -0.464 e. The second-order valence-corrected chi connectivity index (χ2v) is 6.61. The van der Waals surface area contributed by atoms with E-state index in [1.165, 1.54) is 0 Å². The van der Waals surface area contributed by atoms with Crippen LogP contribution in [0.5, 0.6) is 11.5 Å². The van der Waals surface area contributed by atoms with E-state index in [0.29, 0.717) is 13.0 Å². The van der Waals surface area contributed by atoms with Gasteiger partial charge in [0.2, 0.25) is 0 Å². The molecule has 0 amide bonds. The molecule has 0 atom stereocenters. The van der Waals surface area contributed by atoms with E-state index in [1.807, 2.05) is 48.5 Å². The van der Waals surface area contributed by atoms with Crippen LogP contribution in [0.2, 0.25) is 0 Å². The third kappa shape index (κ3) is 4.61. The number of ether oxygens (including phenoxy) is 3. The molecule has 0 bridgehead atoms. The van der Waals surface area contributed by atoms with Crippen molar-refractivity contribution in [3.05, 3.63) is 59.7 Å². The van der Waals surface area contributed by atoms with E-state index in [-0.39, 0.29) is 24.3 Å². The molecule has 0 aromatic heterocycles. The molecule has 2 aliphatic heterocycles. The van der Waals surface area contributed by atoms with Crippen molar-refractivity contribution >= 4 is 18.4 Å². The molecule has 0 spiro atoms. The van der Waals surface area contributed by atoms with Gasteiger partial charge in [-0.05, 0) is 12.1 Å². The fourth-order valence-electron chi connectivity index (χ4n) is 3.57. The summed E-state index contributed by atoms with van der Waals surface area (Å²) in [6.45, 7) is 4.49. The average molecular weight is 390 g/mol. The number of halogens is 1. The highest BCUT2D eigenvalue weighted by molar-refractivity contribution is 5.85. The van der Waals surface area contributed by atoms with Gasteiger partial charge in [-0.2, -0.15) is 0 Å². The number of rotatable bonds is 5. The van der Waals surface area contributed by atoms with E-state index in [9.17, 15) is 4.79 Å². The lowest BCUT2D eigenvalue weighted by Crippen LogP contribution is -2.38. The zero-order valence-electron chi connectivity index (χ0n) is 15.1. The molecular weight excluding hydrogens is 366 g/mol. The standard InChI is InChI=1S/C21H23NO4.ClH/c23-21(25-14-11-22-9-12-24-13-10-22)15-18-16-5-1-3-7-19(16)26-20-8-4-2-6-17(18)20;/h1-8,18H,9-15H2;1H.